The largest absolute Gasteiger partial charge is 0.312 e. The van der Waals surface area contributed by atoms with Gasteiger partial charge in [-0.1, -0.05) is 19.1 Å². The zero-order valence-electron chi connectivity index (χ0n) is 10.2. The lowest BCUT2D eigenvalue weighted by molar-refractivity contribution is -0.116. The van der Waals surface area contributed by atoms with Gasteiger partial charge in [0.05, 0.1) is 5.69 Å². The summed E-state index contributed by atoms with van der Waals surface area (Å²) in [6, 6.07) is 8.11. The number of benzene rings is 1. The second-order valence-electron chi connectivity index (χ2n) is 3.58. The molecule has 0 spiro atoms. The number of nitrogens with zero attached hydrogens (tertiary/aromatic N) is 1. The van der Waals surface area contributed by atoms with E-state index in [1.165, 1.54) is 4.90 Å². The molecule has 0 aliphatic carbocycles. The van der Waals surface area contributed by atoms with Crippen LogP contribution < -0.4 is 4.90 Å². The number of anilines is 1. The molecule has 0 aliphatic heterocycles. The highest BCUT2D eigenvalue weighted by atomic mass is 32.2. The highest BCUT2D eigenvalue weighted by Crippen LogP contribution is 2.30. The first-order chi connectivity index (χ1) is 7.70. The fraction of sp³-hybridized carbons (Fsp3) is 0.462. The van der Waals surface area contributed by atoms with Gasteiger partial charge in [0.1, 0.15) is 0 Å². The van der Waals surface area contributed by atoms with E-state index in [9.17, 15) is 4.79 Å². The monoisotopic (exact) mass is 237 g/mol. The first-order valence-corrected chi connectivity index (χ1v) is 6.69. The molecule has 0 unspecified atom stereocenters. The van der Waals surface area contributed by atoms with Gasteiger partial charge in [0.25, 0.3) is 0 Å². The van der Waals surface area contributed by atoms with Crippen molar-refractivity contribution in [1.82, 2.24) is 0 Å². The number of carbonyl (C=O) groups excluding carboxylic acids is 1. The van der Waals surface area contributed by atoms with Crippen molar-refractivity contribution in [2.24, 2.45) is 0 Å². The average molecular weight is 237 g/mol. The van der Waals surface area contributed by atoms with Crippen LogP contribution >= 0.6 is 11.8 Å². The molecular weight excluding hydrogens is 218 g/mol. The number of carbonyl (C=O) groups is 1. The van der Waals surface area contributed by atoms with Crippen LogP contribution in [0.3, 0.4) is 0 Å². The van der Waals surface area contributed by atoms with Crippen molar-refractivity contribution in [3.63, 3.8) is 0 Å². The lowest BCUT2D eigenvalue weighted by atomic mass is 10.3. The fourth-order valence-electron chi connectivity index (χ4n) is 1.58. The molecule has 88 valence electrons. The second-order valence-corrected chi connectivity index (χ2v) is 4.72. The molecule has 0 N–H and O–H groups in total. The normalized spacial score (nSPS) is 10.2. The third-order valence-electron chi connectivity index (χ3n) is 2.31. The lowest BCUT2D eigenvalue weighted by Crippen LogP contribution is -2.28. The van der Waals surface area contributed by atoms with Gasteiger partial charge in [-0.3, -0.25) is 4.79 Å². The van der Waals surface area contributed by atoms with Crippen LogP contribution in [0.25, 0.3) is 0 Å². The van der Waals surface area contributed by atoms with Crippen LogP contribution in [0.1, 0.15) is 27.2 Å². The highest BCUT2D eigenvalue weighted by molar-refractivity contribution is 7.99. The van der Waals surface area contributed by atoms with Crippen molar-refractivity contribution in [3.05, 3.63) is 24.3 Å². The van der Waals surface area contributed by atoms with Gasteiger partial charge >= 0.3 is 0 Å². The summed E-state index contributed by atoms with van der Waals surface area (Å²) in [6.07, 6.45) is 1.14. The molecule has 2 nitrogen and oxygen atoms in total. The lowest BCUT2D eigenvalue weighted by Gasteiger charge is -2.21. The third-order valence-corrected chi connectivity index (χ3v) is 3.58. The van der Waals surface area contributed by atoms with Crippen molar-refractivity contribution < 1.29 is 4.79 Å². The highest BCUT2D eigenvalue weighted by Gasteiger charge is 2.12. The average Bonchev–Trinajstić information content (AvgIpc) is 2.28. The Morgan fingerprint density at radius 1 is 1.31 bits per heavy atom. The van der Waals surface area contributed by atoms with Crippen molar-refractivity contribution in [1.29, 1.82) is 0 Å². The molecule has 0 aliphatic rings. The molecule has 0 aromatic heterocycles. The van der Waals surface area contributed by atoms with Gasteiger partial charge in [0, 0.05) is 18.4 Å². The Balaban J connectivity index is 2.96. The number of amides is 1. The van der Waals surface area contributed by atoms with Crippen LogP contribution in [0.15, 0.2) is 29.2 Å². The SMILES string of the molecule is CCCSc1ccccc1N(CC)C(C)=O. The Labute approximate surface area is 102 Å². The van der Waals surface area contributed by atoms with E-state index in [-0.39, 0.29) is 5.91 Å². The maximum Gasteiger partial charge on any atom is 0.223 e. The zero-order chi connectivity index (χ0) is 12.0. The molecule has 3 heteroatoms. The Kier molecular flexibility index (Phi) is 5.39. The van der Waals surface area contributed by atoms with Gasteiger partial charge in [-0.2, -0.15) is 0 Å². The Morgan fingerprint density at radius 3 is 2.56 bits per heavy atom. The van der Waals surface area contributed by atoms with Crippen LogP contribution in [0.4, 0.5) is 5.69 Å². The van der Waals surface area contributed by atoms with E-state index >= 15 is 0 Å². The molecule has 16 heavy (non-hydrogen) atoms. The van der Waals surface area contributed by atoms with E-state index < -0.39 is 0 Å². The van der Waals surface area contributed by atoms with E-state index in [2.05, 4.69) is 13.0 Å². The standard InChI is InChI=1S/C13H19NOS/c1-4-10-16-13-9-7-6-8-12(13)14(5-2)11(3)15/h6-9H,4-5,10H2,1-3H3. The van der Waals surface area contributed by atoms with Crippen molar-refractivity contribution in [2.75, 3.05) is 17.2 Å². The Hall–Kier alpha value is -0.960. The predicted molar refractivity (Wildman–Crippen MR) is 71.2 cm³/mol. The second kappa shape index (κ2) is 6.59. The van der Waals surface area contributed by atoms with Crippen LogP contribution in [0.5, 0.6) is 0 Å². The quantitative estimate of drug-likeness (QED) is 0.730. The van der Waals surface area contributed by atoms with Gasteiger partial charge in [0.15, 0.2) is 0 Å². The van der Waals surface area contributed by atoms with Crippen molar-refractivity contribution in [2.45, 2.75) is 32.1 Å². The first-order valence-electron chi connectivity index (χ1n) is 5.70. The smallest absolute Gasteiger partial charge is 0.223 e. The van der Waals surface area contributed by atoms with Crippen LogP contribution in [0.2, 0.25) is 0 Å². The predicted octanol–water partition coefficient (Wildman–Crippen LogP) is 3.56. The minimum absolute atomic E-state index is 0.104. The molecule has 0 heterocycles. The Morgan fingerprint density at radius 2 is 2.00 bits per heavy atom. The number of para-hydroxylation sites is 1. The van der Waals surface area contributed by atoms with Crippen LogP contribution in [-0.2, 0) is 4.79 Å². The van der Waals surface area contributed by atoms with Gasteiger partial charge < -0.3 is 4.90 Å². The minimum Gasteiger partial charge on any atom is -0.312 e. The van der Waals surface area contributed by atoms with Crippen molar-refractivity contribution in [3.8, 4) is 0 Å². The summed E-state index contributed by atoms with van der Waals surface area (Å²) in [4.78, 5) is 14.5. The maximum atomic E-state index is 11.5. The topological polar surface area (TPSA) is 20.3 Å². The summed E-state index contributed by atoms with van der Waals surface area (Å²) >= 11 is 1.81. The molecular formula is C13H19NOS. The first kappa shape index (κ1) is 13.1. The van der Waals surface area contributed by atoms with Crippen molar-refractivity contribution >= 4 is 23.4 Å². The number of hydrogen-bond donors (Lipinski definition) is 0. The molecule has 0 saturated carbocycles. The zero-order valence-corrected chi connectivity index (χ0v) is 11.0. The van der Waals surface area contributed by atoms with E-state index in [0.717, 1.165) is 24.4 Å². The Bertz CT molecular complexity index is 352. The minimum atomic E-state index is 0.104. The molecule has 0 fully saturated rings. The number of hydrogen-bond acceptors (Lipinski definition) is 2. The van der Waals surface area contributed by atoms with Crippen LogP contribution in [-0.4, -0.2) is 18.2 Å². The molecule has 0 saturated heterocycles. The summed E-state index contributed by atoms with van der Waals surface area (Å²) in [6.45, 7) is 6.50. The summed E-state index contributed by atoms with van der Waals surface area (Å²) < 4.78 is 0. The van der Waals surface area contributed by atoms with Gasteiger partial charge in [-0.25, -0.2) is 0 Å². The van der Waals surface area contributed by atoms with Gasteiger partial charge in [0.2, 0.25) is 5.91 Å². The van der Waals surface area contributed by atoms with E-state index in [0.29, 0.717) is 0 Å². The fourth-order valence-corrected chi connectivity index (χ4v) is 2.50. The summed E-state index contributed by atoms with van der Waals surface area (Å²) in [7, 11) is 0. The number of thioether (sulfide) groups is 1. The molecule has 1 aromatic carbocycles. The van der Waals surface area contributed by atoms with Crippen LogP contribution in [0, 0.1) is 0 Å². The molecule has 0 atom stereocenters. The molecule has 1 rings (SSSR count). The van der Waals surface area contributed by atoms with Gasteiger partial charge in [-0.05, 0) is 31.2 Å². The third kappa shape index (κ3) is 3.27. The molecule has 1 amide bonds. The van der Waals surface area contributed by atoms with E-state index in [1.54, 1.807) is 6.92 Å². The van der Waals surface area contributed by atoms with E-state index in [4.69, 9.17) is 0 Å². The summed E-state index contributed by atoms with van der Waals surface area (Å²) in [5.74, 6) is 1.19. The summed E-state index contributed by atoms with van der Waals surface area (Å²) in [5, 5.41) is 0. The molecule has 0 bridgehead atoms. The summed E-state index contributed by atoms with van der Waals surface area (Å²) in [5.41, 5.74) is 1.04. The maximum absolute atomic E-state index is 11.5. The van der Waals surface area contributed by atoms with Gasteiger partial charge in [-0.15, -0.1) is 11.8 Å². The van der Waals surface area contributed by atoms with E-state index in [1.807, 2.05) is 41.8 Å². The molecule has 0 radical (unpaired) electrons. The molecule has 1 aromatic rings. The number of rotatable bonds is 5.